The van der Waals surface area contributed by atoms with Crippen molar-refractivity contribution in [3.05, 3.63) is 23.7 Å². The summed E-state index contributed by atoms with van der Waals surface area (Å²) >= 11 is 0. The Morgan fingerprint density at radius 1 is 1.57 bits per heavy atom. The van der Waals surface area contributed by atoms with E-state index in [0.717, 1.165) is 0 Å². The average Bonchev–Trinajstić information content (AvgIpc) is 2.66. The first-order valence-electron chi connectivity index (χ1n) is 4.53. The topological polar surface area (TPSA) is 56.2 Å². The average molecular weight is 191 g/mol. The molecule has 0 bridgehead atoms. The Kier molecular flexibility index (Phi) is 3.96. The Balaban J connectivity index is 2.48. The second-order valence-electron chi connectivity index (χ2n) is 2.95. The molecule has 1 heterocycles. The number of nitrogens with two attached hydrogens (primary N) is 1. The SMILES string of the molecule is C#CCCCC(=O)c1ccc(CN)o1. The zero-order valence-corrected chi connectivity index (χ0v) is 7.95. The van der Waals surface area contributed by atoms with E-state index in [1.165, 1.54) is 0 Å². The molecule has 14 heavy (non-hydrogen) atoms. The van der Waals surface area contributed by atoms with Crippen LogP contribution in [0.25, 0.3) is 0 Å². The molecule has 0 aliphatic carbocycles. The molecule has 0 aromatic carbocycles. The monoisotopic (exact) mass is 191 g/mol. The molecule has 0 amide bonds. The highest BCUT2D eigenvalue weighted by Crippen LogP contribution is 2.11. The van der Waals surface area contributed by atoms with Gasteiger partial charge in [0.25, 0.3) is 0 Å². The number of terminal acetylenes is 1. The van der Waals surface area contributed by atoms with E-state index in [9.17, 15) is 4.79 Å². The first-order chi connectivity index (χ1) is 6.77. The number of unbranched alkanes of at least 4 members (excludes halogenated alkanes) is 1. The molecular formula is C11H13NO2. The number of rotatable bonds is 5. The first kappa shape index (κ1) is 10.6. The van der Waals surface area contributed by atoms with Crippen molar-refractivity contribution < 1.29 is 9.21 Å². The standard InChI is InChI=1S/C11H13NO2/c1-2-3-4-5-10(13)11-7-6-9(8-12)14-11/h1,6-7H,3-5,8,12H2. The van der Waals surface area contributed by atoms with Crippen LogP contribution in [-0.4, -0.2) is 5.78 Å². The van der Waals surface area contributed by atoms with E-state index >= 15 is 0 Å². The lowest BCUT2D eigenvalue weighted by Gasteiger charge is -1.94. The molecule has 1 rings (SSSR count). The highest BCUT2D eigenvalue weighted by atomic mass is 16.3. The maximum absolute atomic E-state index is 11.4. The van der Waals surface area contributed by atoms with Crippen LogP contribution in [0.3, 0.4) is 0 Å². The number of carbonyl (C=O) groups excluding carboxylic acids is 1. The second-order valence-corrected chi connectivity index (χ2v) is 2.95. The summed E-state index contributed by atoms with van der Waals surface area (Å²) in [7, 11) is 0. The summed E-state index contributed by atoms with van der Waals surface area (Å²) in [5, 5.41) is 0. The number of ketones is 1. The predicted octanol–water partition coefficient (Wildman–Crippen LogP) is 1.72. The number of Topliss-reactive ketones (excluding diaryl/α,β-unsaturated/α-hetero) is 1. The number of furan rings is 1. The van der Waals surface area contributed by atoms with Crippen LogP contribution in [0, 0.1) is 12.3 Å². The van der Waals surface area contributed by atoms with Gasteiger partial charge in [-0.3, -0.25) is 4.79 Å². The van der Waals surface area contributed by atoms with E-state index < -0.39 is 0 Å². The van der Waals surface area contributed by atoms with Gasteiger partial charge in [-0.05, 0) is 18.6 Å². The maximum atomic E-state index is 11.4. The fourth-order valence-corrected chi connectivity index (χ4v) is 1.11. The van der Waals surface area contributed by atoms with Crippen LogP contribution >= 0.6 is 0 Å². The van der Waals surface area contributed by atoms with Gasteiger partial charge in [0, 0.05) is 12.8 Å². The first-order valence-corrected chi connectivity index (χ1v) is 4.53. The van der Waals surface area contributed by atoms with Gasteiger partial charge in [0.15, 0.2) is 11.5 Å². The van der Waals surface area contributed by atoms with E-state index in [-0.39, 0.29) is 5.78 Å². The van der Waals surface area contributed by atoms with Crippen LogP contribution < -0.4 is 5.73 Å². The van der Waals surface area contributed by atoms with Gasteiger partial charge in [-0.25, -0.2) is 0 Å². The van der Waals surface area contributed by atoms with Gasteiger partial charge in [-0.2, -0.15) is 0 Å². The van der Waals surface area contributed by atoms with Gasteiger partial charge < -0.3 is 10.2 Å². The second kappa shape index (κ2) is 5.25. The van der Waals surface area contributed by atoms with E-state index in [1.807, 2.05) is 0 Å². The molecule has 0 aliphatic rings. The van der Waals surface area contributed by atoms with E-state index in [2.05, 4.69) is 5.92 Å². The van der Waals surface area contributed by atoms with Crippen LogP contribution in [0.1, 0.15) is 35.6 Å². The molecule has 3 nitrogen and oxygen atoms in total. The molecule has 0 saturated carbocycles. The van der Waals surface area contributed by atoms with E-state index in [4.69, 9.17) is 16.6 Å². The van der Waals surface area contributed by atoms with Crippen molar-refractivity contribution >= 4 is 5.78 Å². The minimum atomic E-state index is -0.0139. The molecule has 0 atom stereocenters. The molecule has 1 aromatic heterocycles. The lowest BCUT2D eigenvalue weighted by Crippen LogP contribution is -1.97. The largest absolute Gasteiger partial charge is 0.457 e. The Labute approximate surface area is 83.3 Å². The molecular weight excluding hydrogens is 178 g/mol. The molecule has 74 valence electrons. The van der Waals surface area contributed by atoms with Crippen molar-refractivity contribution in [3.63, 3.8) is 0 Å². The highest BCUT2D eigenvalue weighted by molar-refractivity contribution is 5.93. The number of hydrogen-bond donors (Lipinski definition) is 1. The Hall–Kier alpha value is -1.53. The summed E-state index contributed by atoms with van der Waals surface area (Å²) in [4.78, 5) is 11.4. The zero-order chi connectivity index (χ0) is 10.4. The summed E-state index contributed by atoms with van der Waals surface area (Å²) in [5.41, 5.74) is 5.35. The fraction of sp³-hybridized carbons (Fsp3) is 0.364. The van der Waals surface area contributed by atoms with Crippen LogP contribution in [0.15, 0.2) is 16.5 Å². The third-order valence-corrected chi connectivity index (χ3v) is 1.86. The van der Waals surface area contributed by atoms with Crippen LogP contribution in [0.4, 0.5) is 0 Å². The minimum Gasteiger partial charge on any atom is -0.457 e. The van der Waals surface area contributed by atoms with Crippen molar-refractivity contribution in [1.29, 1.82) is 0 Å². The van der Waals surface area contributed by atoms with Gasteiger partial charge in [-0.1, -0.05) is 0 Å². The van der Waals surface area contributed by atoms with Crippen LogP contribution in [0.2, 0.25) is 0 Å². The zero-order valence-electron chi connectivity index (χ0n) is 7.95. The quantitative estimate of drug-likeness (QED) is 0.438. The number of hydrogen-bond acceptors (Lipinski definition) is 3. The molecule has 2 N–H and O–H groups in total. The van der Waals surface area contributed by atoms with E-state index in [1.54, 1.807) is 12.1 Å². The van der Waals surface area contributed by atoms with Crippen LogP contribution in [0.5, 0.6) is 0 Å². The van der Waals surface area contributed by atoms with E-state index in [0.29, 0.717) is 37.3 Å². The Morgan fingerprint density at radius 2 is 2.36 bits per heavy atom. The third kappa shape index (κ3) is 2.75. The number of carbonyl (C=O) groups is 1. The van der Waals surface area contributed by atoms with Crippen molar-refractivity contribution in [2.24, 2.45) is 5.73 Å². The Morgan fingerprint density at radius 3 is 2.93 bits per heavy atom. The van der Waals surface area contributed by atoms with Gasteiger partial charge in [-0.15, -0.1) is 12.3 Å². The summed E-state index contributed by atoms with van der Waals surface area (Å²) in [5.74, 6) is 3.48. The van der Waals surface area contributed by atoms with Crippen molar-refractivity contribution in [1.82, 2.24) is 0 Å². The normalized spacial score (nSPS) is 9.71. The van der Waals surface area contributed by atoms with Crippen molar-refractivity contribution in [2.75, 3.05) is 0 Å². The van der Waals surface area contributed by atoms with Gasteiger partial charge >= 0.3 is 0 Å². The summed E-state index contributed by atoms with van der Waals surface area (Å²) in [6.07, 6.45) is 6.83. The van der Waals surface area contributed by atoms with Gasteiger partial charge in [0.05, 0.1) is 6.54 Å². The maximum Gasteiger partial charge on any atom is 0.198 e. The van der Waals surface area contributed by atoms with Gasteiger partial charge in [0.2, 0.25) is 0 Å². The lowest BCUT2D eigenvalue weighted by atomic mass is 10.1. The lowest BCUT2D eigenvalue weighted by molar-refractivity contribution is 0.0952. The molecule has 1 aromatic rings. The molecule has 0 spiro atoms. The summed E-state index contributed by atoms with van der Waals surface area (Å²) in [6.45, 7) is 0.317. The highest BCUT2D eigenvalue weighted by Gasteiger charge is 2.09. The summed E-state index contributed by atoms with van der Waals surface area (Å²) in [6, 6.07) is 3.37. The molecule has 0 aliphatic heterocycles. The molecule has 3 heteroatoms. The summed E-state index contributed by atoms with van der Waals surface area (Å²) < 4.78 is 5.20. The fourth-order valence-electron chi connectivity index (χ4n) is 1.11. The van der Waals surface area contributed by atoms with Crippen LogP contribution in [-0.2, 0) is 6.54 Å². The molecule has 0 saturated heterocycles. The molecule has 0 unspecified atom stereocenters. The predicted molar refractivity (Wildman–Crippen MR) is 53.6 cm³/mol. The van der Waals surface area contributed by atoms with Crippen molar-refractivity contribution in [3.8, 4) is 12.3 Å². The third-order valence-electron chi connectivity index (χ3n) is 1.86. The molecule has 0 radical (unpaired) electrons. The molecule has 0 fully saturated rings. The Bertz CT molecular complexity index is 346. The van der Waals surface area contributed by atoms with Gasteiger partial charge in [0.1, 0.15) is 5.76 Å². The minimum absolute atomic E-state index is 0.0139. The van der Waals surface area contributed by atoms with Crippen molar-refractivity contribution in [2.45, 2.75) is 25.8 Å². The smallest absolute Gasteiger partial charge is 0.198 e.